The molecule has 1 atom stereocenters. The lowest BCUT2D eigenvalue weighted by Gasteiger charge is -2.14. The Balaban J connectivity index is 2.29. The summed E-state index contributed by atoms with van der Waals surface area (Å²) in [5.74, 6) is 0.182. The zero-order valence-electron chi connectivity index (χ0n) is 11.8. The lowest BCUT2D eigenvalue weighted by Crippen LogP contribution is -2.36. The van der Waals surface area contributed by atoms with Gasteiger partial charge < -0.3 is 5.32 Å². The number of rotatable bonds is 9. The first-order valence-corrected chi connectivity index (χ1v) is 9.18. The van der Waals surface area contributed by atoms with Crippen LogP contribution in [0, 0.1) is 0 Å². The second-order valence-electron chi connectivity index (χ2n) is 5.08. The summed E-state index contributed by atoms with van der Waals surface area (Å²) >= 11 is 1.66. The van der Waals surface area contributed by atoms with E-state index in [1.165, 1.54) is 4.88 Å². The Morgan fingerprint density at radius 1 is 1.32 bits per heavy atom. The van der Waals surface area contributed by atoms with E-state index in [1.807, 2.05) is 24.4 Å². The van der Waals surface area contributed by atoms with E-state index < -0.39 is 10.0 Å². The molecule has 0 amide bonds. The van der Waals surface area contributed by atoms with Gasteiger partial charge in [0.25, 0.3) is 0 Å². The average Bonchev–Trinajstić information content (AvgIpc) is 2.76. The van der Waals surface area contributed by atoms with Crippen LogP contribution in [-0.2, 0) is 16.4 Å². The first-order valence-electron chi connectivity index (χ1n) is 6.65. The largest absolute Gasteiger partial charge is 0.314 e. The zero-order chi connectivity index (χ0) is 14.3. The average molecular weight is 304 g/mol. The molecule has 0 aliphatic carbocycles. The van der Waals surface area contributed by atoms with Crippen molar-refractivity contribution < 1.29 is 8.42 Å². The van der Waals surface area contributed by atoms with Crippen LogP contribution in [0.25, 0.3) is 0 Å². The zero-order valence-corrected chi connectivity index (χ0v) is 13.5. The Labute approximate surface area is 120 Å². The summed E-state index contributed by atoms with van der Waals surface area (Å²) in [6.07, 6.45) is 1.39. The third-order valence-electron chi connectivity index (χ3n) is 2.61. The van der Waals surface area contributed by atoms with Crippen molar-refractivity contribution in [1.82, 2.24) is 10.0 Å². The van der Waals surface area contributed by atoms with Gasteiger partial charge in [-0.2, -0.15) is 0 Å². The van der Waals surface area contributed by atoms with Crippen LogP contribution in [0.15, 0.2) is 17.5 Å². The van der Waals surface area contributed by atoms with Crippen LogP contribution in [0.2, 0.25) is 0 Å². The smallest absolute Gasteiger partial charge is 0.211 e. The van der Waals surface area contributed by atoms with Crippen LogP contribution >= 0.6 is 11.3 Å². The molecule has 6 heteroatoms. The molecule has 19 heavy (non-hydrogen) atoms. The van der Waals surface area contributed by atoms with Crippen molar-refractivity contribution in [1.29, 1.82) is 0 Å². The second-order valence-corrected chi connectivity index (χ2v) is 7.99. The Kier molecular flexibility index (Phi) is 6.99. The lowest BCUT2D eigenvalue weighted by atomic mass is 10.2. The fourth-order valence-electron chi connectivity index (χ4n) is 1.79. The summed E-state index contributed by atoms with van der Waals surface area (Å²) in [6, 6.07) is 4.36. The predicted octanol–water partition coefficient (Wildman–Crippen LogP) is 1.99. The van der Waals surface area contributed by atoms with Gasteiger partial charge in [-0.25, -0.2) is 13.1 Å². The predicted molar refractivity (Wildman–Crippen MR) is 82.2 cm³/mol. The summed E-state index contributed by atoms with van der Waals surface area (Å²) in [6.45, 7) is 6.74. The van der Waals surface area contributed by atoms with Crippen molar-refractivity contribution >= 4 is 21.4 Å². The molecule has 1 unspecified atom stereocenters. The van der Waals surface area contributed by atoms with E-state index >= 15 is 0 Å². The highest BCUT2D eigenvalue weighted by atomic mass is 32.2. The van der Waals surface area contributed by atoms with E-state index in [2.05, 4.69) is 23.9 Å². The Morgan fingerprint density at radius 3 is 2.63 bits per heavy atom. The van der Waals surface area contributed by atoms with Gasteiger partial charge in [0, 0.05) is 17.0 Å². The quantitative estimate of drug-likeness (QED) is 0.686. The highest BCUT2D eigenvalue weighted by molar-refractivity contribution is 7.89. The van der Waals surface area contributed by atoms with Crippen molar-refractivity contribution in [3.05, 3.63) is 22.4 Å². The number of hydrogen-bond donors (Lipinski definition) is 2. The summed E-state index contributed by atoms with van der Waals surface area (Å²) < 4.78 is 26.5. The van der Waals surface area contributed by atoms with Crippen LogP contribution in [0.1, 0.15) is 32.1 Å². The number of sulfonamides is 1. The summed E-state index contributed by atoms with van der Waals surface area (Å²) in [5, 5.41) is 5.23. The number of hydrogen-bond acceptors (Lipinski definition) is 4. The van der Waals surface area contributed by atoms with Gasteiger partial charge in [0.1, 0.15) is 0 Å². The van der Waals surface area contributed by atoms with Crippen LogP contribution in [0.3, 0.4) is 0 Å². The van der Waals surface area contributed by atoms with Gasteiger partial charge in [-0.1, -0.05) is 19.9 Å². The molecule has 0 aliphatic heterocycles. The molecular weight excluding hydrogens is 280 g/mol. The number of thiophene rings is 1. The van der Waals surface area contributed by atoms with E-state index in [4.69, 9.17) is 0 Å². The first kappa shape index (κ1) is 16.6. The van der Waals surface area contributed by atoms with Crippen molar-refractivity contribution in [2.24, 2.45) is 0 Å². The molecule has 0 saturated heterocycles. The minimum atomic E-state index is -3.17. The molecule has 0 saturated carbocycles. The van der Waals surface area contributed by atoms with Gasteiger partial charge in [0.05, 0.1) is 5.75 Å². The van der Waals surface area contributed by atoms with E-state index in [9.17, 15) is 8.42 Å². The van der Waals surface area contributed by atoms with Gasteiger partial charge in [-0.05, 0) is 37.8 Å². The third kappa shape index (κ3) is 7.67. The molecule has 110 valence electrons. The molecule has 4 nitrogen and oxygen atoms in total. The summed E-state index contributed by atoms with van der Waals surface area (Å²) in [5.41, 5.74) is 0. The number of nitrogens with one attached hydrogen (secondary N) is 2. The van der Waals surface area contributed by atoms with E-state index in [1.54, 1.807) is 11.3 Å². The molecule has 0 aliphatic rings. The SMILES string of the molecule is CC(C)NCCCS(=O)(=O)NC(C)Cc1cccs1. The van der Waals surface area contributed by atoms with E-state index in [0.29, 0.717) is 12.5 Å². The fraction of sp³-hybridized carbons (Fsp3) is 0.692. The molecule has 1 heterocycles. The van der Waals surface area contributed by atoms with Gasteiger partial charge in [0.2, 0.25) is 10.0 Å². The maximum Gasteiger partial charge on any atom is 0.211 e. The van der Waals surface area contributed by atoms with Crippen LogP contribution in [-0.4, -0.2) is 32.8 Å². The monoisotopic (exact) mass is 304 g/mol. The lowest BCUT2D eigenvalue weighted by molar-refractivity contribution is 0.547. The minimum absolute atomic E-state index is 0.0540. The molecule has 1 aromatic rings. The highest BCUT2D eigenvalue weighted by Crippen LogP contribution is 2.11. The van der Waals surface area contributed by atoms with Gasteiger partial charge in [-0.15, -0.1) is 11.3 Å². The fourth-order valence-corrected chi connectivity index (χ4v) is 3.96. The van der Waals surface area contributed by atoms with Gasteiger partial charge >= 0.3 is 0 Å². The maximum absolute atomic E-state index is 11.9. The first-order chi connectivity index (χ1) is 8.89. The second kappa shape index (κ2) is 7.99. The Bertz CT molecular complexity index is 441. The molecule has 0 radical (unpaired) electrons. The molecule has 0 fully saturated rings. The Hall–Kier alpha value is -0.430. The standard InChI is InChI=1S/C13H24N2O2S2/c1-11(2)14-7-5-9-19(16,17)15-12(3)10-13-6-4-8-18-13/h4,6,8,11-12,14-15H,5,7,9-10H2,1-3H3. The third-order valence-corrected chi connectivity index (χ3v) is 5.10. The summed E-state index contributed by atoms with van der Waals surface area (Å²) in [4.78, 5) is 1.21. The summed E-state index contributed by atoms with van der Waals surface area (Å²) in [7, 11) is -3.17. The van der Waals surface area contributed by atoms with Gasteiger partial charge in [-0.3, -0.25) is 0 Å². The van der Waals surface area contributed by atoms with E-state index in [-0.39, 0.29) is 11.8 Å². The topological polar surface area (TPSA) is 58.2 Å². The van der Waals surface area contributed by atoms with Crippen LogP contribution in [0.4, 0.5) is 0 Å². The molecule has 1 rings (SSSR count). The van der Waals surface area contributed by atoms with Crippen molar-refractivity contribution in [3.8, 4) is 0 Å². The Morgan fingerprint density at radius 2 is 2.05 bits per heavy atom. The highest BCUT2D eigenvalue weighted by Gasteiger charge is 2.14. The van der Waals surface area contributed by atoms with Crippen LogP contribution in [0.5, 0.6) is 0 Å². The van der Waals surface area contributed by atoms with E-state index in [0.717, 1.165) is 13.0 Å². The molecule has 2 N–H and O–H groups in total. The normalized spacial score (nSPS) is 13.9. The van der Waals surface area contributed by atoms with Crippen molar-refractivity contribution in [2.75, 3.05) is 12.3 Å². The molecule has 0 aromatic carbocycles. The minimum Gasteiger partial charge on any atom is -0.314 e. The molecular formula is C13H24N2O2S2. The maximum atomic E-state index is 11.9. The van der Waals surface area contributed by atoms with Crippen LogP contribution < -0.4 is 10.0 Å². The molecule has 1 aromatic heterocycles. The van der Waals surface area contributed by atoms with Crippen molar-refractivity contribution in [3.63, 3.8) is 0 Å². The molecule has 0 bridgehead atoms. The van der Waals surface area contributed by atoms with Crippen molar-refractivity contribution in [2.45, 2.75) is 45.7 Å². The molecule has 0 spiro atoms. The van der Waals surface area contributed by atoms with Gasteiger partial charge in [0.15, 0.2) is 0 Å².